The predicted octanol–water partition coefficient (Wildman–Crippen LogP) is 6.66. The molecule has 1 atom stereocenters. The fraction of sp³-hybridized carbons (Fsp3) is 0.297. The number of fused-ring (bicyclic) bond motifs is 1. The molecule has 256 valence electrons. The molecule has 6 rings (SSSR count). The highest BCUT2D eigenvalue weighted by molar-refractivity contribution is 7.92. The van der Waals surface area contributed by atoms with Gasteiger partial charge in [-0.05, 0) is 60.4 Å². The Labute approximate surface area is 296 Å². The number of carbonyl (C=O) groups excluding carboxylic acids is 2. The van der Waals surface area contributed by atoms with E-state index >= 15 is 0 Å². The summed E-state index contributed by atoms with van der Waals surface area (Å²) in [5, 5.41) is 3.91. The largest absolute Gasteiger partial charge is 0.486 e. The molecule has 1 heterocycles. The zero-order valence-corrected chi connectivity index (χ0v) is 29.1. The molecular formula is C37H37Cl2N3O6S. The van der Waals surface area contributed by atoms with Crippen LogP contribution in [0.25, 0.3) is 0 Å². The van der Waals surface area contributed by atoms with Crippen molar-refractivity contribution in [3.63, 3.8) is 0 Å². The highest BCUT2D eigenvalue weighted by Crippen LogP contribution is 2.36. The highest BCUT2D eigenvalue weighted by Gasteiger charge is 2.36. The number of hydrogen-bond acceptors (Lipinski definition) is 6. The van der Waals surface area contributed by atoms with E-state index in [1.165, 1.54) is 17.0 Å². The van der Waals surface area contributed by atoms with E-state index < -0.39 is 28.5 Å². The fourth-order valence-electron chi connectivity index (χ4n) is 6.19. The average Bonchev–Trinajstić information content (AvgIpc) is 3.63. The van der Waals surface area contributed by atoms with Gasteiger partial charge in [-0.3, -0.25) is 13.9 Å². The van der Waals surface area contributed by atoms with Crippen LogP contribution in [-0.2, 0) is 32.6 Å². The Morgan fingerprint density at radius 1 is 0.837 bits per heavy atom. The summed E-state index contributed by atoms with van der Waals surface area (Å²) in [6, 6.07) is 26.1. The SMILES string of the molecule is O=C(NC1CCCC1)[C@@H](Cc1ccccc1)N(Cc1ccc(Cl)cc1Cl)C(=O)CN(c1ccc2c(c1)OCCO2)S(=O)(=O)c1ccccc1. The molecule has 9 nitrogen and oxygen atoms in total. The lowest BCUT2D eigenvalue weighted by Crippen LogP contribution is -2.54. The Hall–Kier alpha value is -4.25. The van der Waals surface area contributed by atoms with Crippen molar-refractivity contribution in [1.82, 2.24) is 10.2 Å². The zero-order valence-electron chi connectivity index (χ0n) is 26.8. The van der Waals surface area contributed by atoms with Crippen molar-refractivity contribution in [2.45, 2.75) is 55.6 Å². The number of ether oxygens (including phenoxy) is 2. The minimum atomic E-state index is -4.27. The van der Waals surface area contributed by atoms with Crippen molar-refractivity contribution in [1.29, 1.82) is 0 Å². The monoisotopic (exact) mass is 721 g/mol. The molecule has 0 aromatic heterocycles. The summed E-state index contributed by atoms with van der Waals surface area (Å²) in [7, 11) is -4.27. The Morgan fingerprint density at radius 2 is 1.51 bits per heavy atom. The summed E-state index contributed by atoms with van der Waals surface area (Å²) in [6.45, 7) is -0.00656. The lowest BCUT2D eigenvalue weighted by atomic mass is 10.0. The average molecular weight is 723 g/mol. The molecular weight excluding hydrogens is 685 g/mol. The van der Waals surface area contributed by atoms with Crippen molar-refractivity contribution in [2.75, 3.05) is 24.1 Å². The third kappa shape index (κ3) is 8.32. The van der Waals surface area contributed by atoms with E-state index in [-0.39, 0.29) is 35.5 Å². The van der Waals surface area contributed by atoms with E-state index in [1.54, 1.807) is 54.6 Å². The zero-order chi connectivity index (χ0) is 34.4. The van der Waals surface area contributed by atoms with Gasteiger partial charge in [-0.15, -0.1) is 0 Å². The molecule has 0 bridgehead atoms. The number of benzene rings is 4. The number of rotatable bonds is 12. The van der Waals surface area contributed by atoms with E-state index in [0.717, 1.165) is 35.6 Å². The molecule has 1 fully saturated rings. The minimum Gasteiger partial charge on any atom is -0.486 e. The number of nitrogens with zero attached hydrogens (tertiary/aromatic N) is 2. The Bertz CT molecular complexity index is 1890. The van der Waals surface area contributed by atoms with Crippen LogP contribution >= 0.6 is 23.2 Å². The van der Waals surface area contributed by atoms with Crippen LogP contribution < -0.4 is 19.1 Å². The molecule has 0 spiro atoms. The maximum Gasteiger partial charge on any atom is 0.264 e. The van der Waals surface area contributed by atoms with Crippen LogP contribution in [-0.4, -0.2) is 57.0 Å². The standard InChI is InChI=1S/C37H37Cl2N3O6S/c38-28-16-15-27(32(39)22-28)24-41(33(21-26-9-3-1-4-10-26)37(44)40-29-11-7-8-12-29)36(43)25-42(49(45,46)31-13-5-2-6-14-31)30-17-18-34-35(23-30)48-20-19-47-34/h1-6,9-10,13-18,22-23,29,33H,7-8,11-12,19-21,24-25H2,(H,40,44)/t33-/m1/s1. The van der Waals surface area contributed by atoms with Gasteiger partial charge in [0.25, 0.3) is 10.0 Å². The summed E-state index contributed by atoms with van der Waals surface area (Å²) in [6.07, 6.45) is 3.94. The van der Waals surface area contributed by atoms with Gasteiger partial charge < -0.3 is 19.7 Å². The van der Waals surface area contributed by atoms with Gasteiger partial charge in [-0.25, -0.2) is 8.42 Å². The van der Waals surface area contributed by atoms with Crippen LogP contribution in [0, 0.1) is 0 Å². The van der Waals surface area contributed by atoms with Gasteiger partial charge in [0.1, 0.15) is 25.8 Å². The van der Waals surface area contributed by atoms with E-state index in [0.29, 0.717) is 40.3 Å². The number of carbonyl (C=O) groups is 2. The molecule has 0 unspecified atom stereocenters. The van der Waals surface area contributed by atoms with E-state index in [2.05, 4.69) is 5.32 Å². The normalized spacial score (nSPS) is 15.0. The molecule has 4 aromatic carbocycles. The van der Waals surface area contributed by atoms with Crippen molar-refractivity contribution >= 4 is 50.7 Å². The van der Waals surface area contributed by atoms with Crippen molar-refractivity contribution in [3.8, 4) is 11.5 Å². The molecule has 1 aliphatic heterocycles. The van der Waals surface area contributed by atoms with E-state index in [9.17, 15) is 18.0 Å². The molecule has 1 N–H and O–H groups in total. The van der Waals surface area contributed by atoms with Gasteiger partial charge in [0, 0.05) is 35.1 Å². The number of sulfonamides is 1. The van der Waals surface area contributed by atoms with Gasteiger partial charge >= 0.3 is 0 Å². The van der Waals surface area contributed by atoms with Crippen LogP contribution in [0.3, 0.4) is 0 Å². The minimum absolute atomic E-state index is 0.00444. The number of anilines is 1. The molecule has 0 saturated heterocycles. The van der Waals surface area contributed by atoms with Crippen molar-refractivity contribution in [2.24, 2.45) is 0 Å². The first-order valence-corrected chi connectivity index (χ1v) is 18.4. The van der Waals surface area contributed by atoms with Crippen LogP contribution in [0.5, 0.6) is 11.5 Å². The smallest absolute Gasteiger partial charge is 0.264 e. The Balaban J connectivity index is 1.42. The van der Waals surface area contributed by atoms with Gasteiger partial charge in [-0.1, -0.05) is 90.6 Å². The number of amides is 2. The maximum atomic E-state index is 14.8. The molecule has 1 aliphatic carbocycles. The second-order valence-electron chi connectivity index (χ2n) is 12.1. The molecule has 2 amide bonds. The topological polar surface area (TPSA) is 105 Å². The molecule has 0 radical (unpaired) electrons. The second kappa shape index (κ2) is 15.5. The molecule has 4 aromatic rings. The third-order valence-electron chi connectivity index (χ3n) is 8.75. The first-order valence-electron chi connectivity index (χ1n) is 16.2. The van der Waals surface area contributed by atoms with Gasteiger partial charge in [0.2, 0.25) is 11.8 Å². The van der Waals surface area contributed by atoms with Gasteiger partial charge in [0.15, 0.2) is 11.5 Å². The lowest BCUT2D eigenvalue weighted by Gasteiger charge is -2.34. The summed E-state index contributed by atoms with van der Waals surface area (Å²) in [4.78, 5) is 30.4. The fourth-order valence-corrected chi connectivity index (χ4v) is 8.09. The van der Waals surface area contributed by atoms with Crippen molar-refractivity contribution in [3.05, 3.63) is 118 Å². The van der Waals surface area contributed by atoms with Crippen molar-refractivity contribution < 1.29 is 27.5 Å². The first-order chi connectivity index (χ1) is 23.7. The highest BCUT2D eigenvalue weighted by atomic mass is 35.5. The third-order valence-corrected chi connectivity index (χ3v) is 11.1. The Morgan fingerprint density at radius 3 is 2.20 bits per heavy atom. The van der Waals surface area contributed by atoms with Crippen LogP contribution in [0.4, 0.5) is 5.69 Å². The Kier molecular flexibility index (Phi) is 11.0. The van der Waals surface area contributed by atoms with Gasteiger partial charge in [-0.2, -0.15) is 0 Å². The number of halogens is 2. The summed E-state index contributed by atoms with van der Waals surface area (Å²) in [5.74, 6) is -0.0649. The first kappa shape index (κ1) is 34.6. The maximum absolute atomic E-state index is 14.8. The predicted molar refractivity (Wildman–Crippen MR) is 190 cm³/mol. The molecule has 1 saturated carbocycles. The number of nitrogens with one attached hydrogen (secondary N) is 1. The van der Waals surface area contributed by atoms with E-state index in [1.807, 2.05) is 30.3 Å². The molecule has 2 aliphatic rings. The quantitative estimate of drug-likeness (QED) is 0.176. The van der Waals surface area contributed by atoms with Crippen LogP contribution in [0.15, 0.2) is 102 Å². The summed E-state index contributed by atoms with van der Waals surface area (Å²) in [5.41, 5.74) is 1.61. The lowest BCUT2D eigenvalue weighted by molar-refractivity contribution is -0.140. The van der Waals surface area contributed by atoms with E-state index in [4.69, 9.17) is 32.7 Å². The second-order valence-corrected chi connectivity index (χ2v) is 14.8. The number of hydrogen-bond donors (Lipinski definition) is 1. The molecule has 49 heavy (non-hydrogen) atoms. The van der Waals surface area contributed by atoms with Crippen LogP contribution in [0.1, 0.15) is 36.8 Å². The van der Waals surface area contributed by atoms with Crippen LogP contribution in [0.2, 0.25) is 10.0 Å². The van der Waals surface area contributed by atoms with Gasteiger partial charge in [0.05, 0.1) is 10.6 Å². The summed E-state index contributed by atoms with van der Waals surface area (Å²) < 4.78 is 41.1. The molecule has 12 heteroatoms. The summed E-state index contributed by atoms with van der Waals surface area (Å²) >= 11 is 12.8.